The molecule has 0 saturated carbocycles. The molecule has 0 amide bonds. The van der Waals surface area contributed by atoms with E-state index in [0.717, 1.165) is 4.47 Å². The number of rotatable bonds is 2. The topological polar surface area (TPSA) is 0 Å². The van der Waals surface area contributed by atoms with Gasteiger partial charge in [-0.05, 0) is 26.9 Å². The van der Waals surface area contributed by atoms with Crippen LogP contribution >= 0.6 is 38.9 Å². The molecule has 0 unspecified atom stereocenters. The predicted molar refractivity (Wildman–Crippen MR) is 51.8 cm³/mol. The quantitative estimate of drug-likeness (QED) is 0.687. The number of alkyl halides is 1. The maximum atomic E-state index is 5.47. The first-order valence-electron chi connectivity index (χ1n) is 2.79. The first kappa shape index (κ1) is 8.31. The zero-order valence-corrected chi connectivity index (χ0v) is 8.34. The lowest BCUT2D eigenvalue weighted by atomic mass is 10.3. The van der Waals surface area contributed by atoms with Crippen LogP contribution in [0.2, 0.25) is 0 Å². The fraction of sp³-hybridized carbons (Fsp3) is 0.143. The van der Waals surface area contributed by atoms with E-state index in [1.807, 2.05) is 17.5 Å². The van der Waals surface area contributed by atoms with Crippen LogP contribution in [0.4, 0.5) is 0 Å². The minimum Gasteiger partial charge on any atom is -0.151 e. The standard InChI is InChI=1S/C7H6BrClS/c8-7-5-10-4-6(7)2-1-3-9/h1-2,4-5H,3H2. The summed E-state index contributed by atoms with van der Waals surface area (Å²) in [5.74, 6) is 0.572. The molecule has 0 aliphatic rings. The molecule has 0 aliphatic carbocycles. The minimum absolute atomic E-state index is 0.572. The van der Waals surface area contributed by atoms with Crippen molar-refractivity contribution in [1.82, 2.24) is 0 Å². The molecule has 0 saturated heterocycles. The molecular weight excluding hydrogens is 232 g/mol. The Kier molecular flexibility index (Phi) is 3.46. The molecule has 0 fully saturated rings. The van der Waals surface area contributed by atoms with Crippen molar-refractivity contribution in [2.24, 2.45) is 0 Å². The van der Waals surface area contributed by atoms with Crippen LogP contribution in [0.25, 0.3) is 6.08 Å². The van der Waals surface area contributed by atoms with Gasteiger partial charge in [-0.3, -0.25) is 0 Å². The van der Waals surface area contributed by atoms with Gasteiger partial charge in [0.15, 0.2) is 0 Å². The van der Waals surface area contributed by atoms with Gasteiger partial charge in [-0.25, -0.2) is 0 Å². The van der Waals surface area contributed by atoms with Crippen molar-refractivity contribution in [2.75, 3.05) is 5.88 Å². The summed E-state index contributed by atoms with van der Waals surface area (Å²) in [7, 11) is 0. The van der Waals surface area contributed by atoms with Gasteiger partial charge >= 0.3 is 0 Å². The zero-order chi connectivity index (χ0) is 7.40. The molecule has 0 atom stereocenters. The molecule has 1 aromatic rings. The number of halogens is 2. The molecule has 1 aromatic heterocycles. The van der Waals surface area contributed by atoms with Crippen molar-refractivity contribution >= 4 is 44.9 Å². The fourth-order valence-electron chi connectivity index (χ4n) is 0.582. The van der Waals surface area contributed by atoms with Crippen LogP contribution in [0.3, 0.4) is 0 Å². The van der Waals surface area contributed by atoms with Crippen molar-refractivity contribution < 1.29 is 0 Å². The Morgan fingerprint density at radius 3 is 2.90 bits per heavy atom. The van der Waals surface area contributed by atoms with Gasteiger partial charge in [0.1, 0.15) is 0 Å². The van der Waals surface area contributed by atoms with Crippen molar-refractivity contribution in [1.29, 1.82) is 0 Å². The monoisotopic (exact) mass is 236 g/mol. The summed E-state index contributed by atoms with van der Waals surface area (Å²) < 4.78 is 1.14. The van der Waals surface area contributed by atoms with Gasteiger partial charge < -0.3 is 0 Å². The van der Waals surface area contributed by atoms with Gasteiger partial charge in [-0.1, -0.05) is 12.2 Å². The van der Waals surface area contributed by atoms with Gasteiger partial charge in [-0.15, -0.1) is 11.6 Å². The molecule has 1 heterocycles. The third kappa shape index (κ3) is 2.11. The second-order valence-electron chi connectivity index (χ2n) is 1.73. The van der Waals surface area contributed by atoms with E-state index in [-0.39, 0.29) is 0 Å². The largest absolute Gasteiger partial charge is 0.151 e. The Morgan fingerprint density at radius 1 is 1.60 bits per heavy atom. The van der Waals surface area contributed by atoms with E-state index in [1.54, 1.807) is 11.3 Å². The highest BCUT2D eigenvalue weighted by atomic mass is 79.9. The lowest BCUT2D eigenvalue weighted by molar-refractivity contribution is 1.73. The maximum Gasteiger partial charge on any atom is 0.0407 e. The second-order valence-corrected chi connectivity index (χ2v) is 3.64. The highest BCUT2D eigenvalue weighted by Gasteiger charge is 1.93. The molecule has 0 aliphatic heterocycles. The average Bonchev–Trinajstić information content (AvgIpc) is 2.31. The van der Waals surface area contributed by atoms with Crippen LogP contribution < -0.4 is 0 Å². The zero-order valence-electron chi connectivity index (χ0n) is 5.18. The fourth-order valence-corrected chi connectivity index (χ4v) is 2.07. The molecule has 0 radical (unpaired) electrons. The highest BCUT2D eigenvalue weighted by Crippen LogP contribution is 2.22. The Hall–Kier alpha value is 0.210. The SMILES string of the molecule is ClCC=Cc1cscc1Br. The Balaban J connectivity index is 2.74. The van der Waals surface area contributed by atoms with Gasteiger partial charge in [0.05, 0.1) is 0 Å². The lowest BCUT2D eigenvalue weighted by Gasteiger charge is -1.84. The van der Waals surface area contributed by atoms with Crippen LogP contribution in [-0.2, 0) is 0 Å². The smallest absolute Gasteiger partial charge is 0.0407 e. The lowest BCUT2D eigenvalue weighted by Crippen LogP contribution is -1.64. The van der Waals surface area contributed by atoms with E-state index in [9.17, 15) is 0 Å². The number of hydrogen-bond acceptors (Lipinski definition) is 1. The van der Waals surface area contributed by atoms with Crippen molar-refractivity contribution in [2.45, 2.75) is 0 Å². The third-order valence-corrected chi connectivity index (χ3v) is 2.96. The molecule has 0 bridgehead atoms. The molecule has 0 aromatic carbocycles. The predicted octanol–water partition coefficient (Wildman–Crippen LogP) is 3.76. The second kappa shape index (κ2) is 4.16. The van der Waals surface area contributed by atoms with E-state index in [4.69, 9.17) is 11.6 Å². The summed E-state index contributed by atoms with van der Waals surface area (Å²) in [6.45, 7) is 0. The van der Waals surface area contributed by atoms with Crippen LogP contribution in [-0.4, -0.2) is 5.88 Å². The Labute approximate surface area is 77.6 Å². The van der Waals surface area contributed by atoms with E-state index in [0.29, 0.717) is 5.88 Å². The molecule has 0 N–H and O–H groups in total. The molecule has 0 spiro atoms. The Bertz CT molecular complexity index is 229. The summed E-state index contributed by atoms with van der Waals surface area (Å²) in [6, 6.07) is 0. The first-order chi connectivity index (χ1) is 4.84. The summed E-state index contributed by atoms with van der Waals surface area (Å²) in [4.78, 5) is 0. The summed E-state index contributed by atoms with van der Waals surface area (Å²) >= 11 is 10.6. The summed E-state index contributed by atoms with van der Waals surface area (Å²) in [5.41, 5.74) is 1.20. The van der Waals surface area contributed by atoms with Crippen LogP contribution in [0.1, 0.15) is 5.56 Å². The molecular formula is C7H6BrClS. The molecule has 3 heteroatoms. The van der Waals surface area contributed by atoms with Crippen LogP contribution in [0.15, 0.2) is 21.3 Å². The highest BCUT2D eigenvalue weighted by molar-refractivity contribution is 9.10. The molecule has 0 nitrogen and oxygen atoms in total. The van der Waals surface area contributed by atoms with E-state index < -0.39 is 0 Å². The summed E-state index contributed by atoms with van der Waals surface area (Å²) in [6.07, 6.45) is 3.93. The average molecular weight is 238 g/mol. The number of thiophene rings is 1. The van der Waals surface area contributed by atoms with Gasteiger partial charge in [0.2, 0.25) is 0 Å². The Morgan fingerprint density at radius 2 is 2.40 bits per heavy atom. The maximum absolute atomic E-state index is 5.47. The normalized spacial score (nSPS) is 11.0. The number of hydrogen-bond donors (Lipinski definition) is 0. The molecule has 10 heavy (non-hydrogen) atoms. The van der Waals surface area contributed by atoms with Crippen molar-refractivity contribution in [3.05, 3.63) is 26.9 Å². The van der Waals surface area contributed by atoms with E-state index in [2.05, 4.69) is 21.3 Å². The van der Waals surface area contributed by atoms with E-state index >= 15 is 0 Å². The summed E-state index contributed by atoms with van der Waals surface area (Å²) in [5, 5.41) is 4.13. The van der Waals surface area contributed by atoms with Crippen LogP contribution in [0.5, 0.6) is 0 Å². The third-order valence-electron chi connectivity index (χ3n) is 1.03. The molecule has 54 valence electrons. The van der Waals surface area contributed by atoms with Gasteiger partial charge in [0, 0.05) is 15.7 Å². The van der Waals surface area contributed by atoms with Gasteiger partial charge in [-0.2, -0.15) is 11.3 Å². The molecule has 1 rings (SSSR count). The van der Waals surface area contributed by atoms with Crippen molar-refractivity contribution in [3.8, 4) is 0 Å². The van der Waals surface area contributed by atoms with Gasteiger partial charge in [0.25, 0.3) is 0 Å². The van der Waals surface area contributed by atoms with Crippen molar-refractivity contribution in [3.63, 3.8) is 0 Å². The first-order valence-corrected chi connectivity index (χ1v) is 5.06. The van der Waals surface area contributed by atoms with E-state index in [1.165, 1.54) is 5.56 Å². The van der Waals surface area contributed by atoms with Crippen LogP contribution in [0, 0.1) is 0 Å². The number of allylic oxidation sites excluding steroid dienone is 1. The minimum atomic E-state index is 0.572.